The van der Waals surface area contributed by atoms with Gasteiger partial charge in [-0.15, -0.1) is 0 Å². The number of furan rings is 1. The Kier molecular flexibility index (Phi) is 3.82. The fraction of sp³-hybridized carbons (Fsp3) is 0.333. The number of aryl methyl sites for hydroxylation is 1. The van der Waals surface area contributed by atoms with Gasteiger partial charge in [0, 0.05) is 6.04 Å². The van der Waals surface area contributed by atoms with Gasteiger partial charge in [0.05, 0.1) is 12.1 Å². The molecular weight excluding hydrogens is 229 g/mol. The number of rotatable bonds is 4. The molecule has 0 spiro atoms. The van der Waals surface area contributed by atoms with Gasteiger partial charge in [-0.25, -0.2) is 4.39 Å². The molecule has 0 atom stereocenters. The molecule has 0 fully saturated rings. The van der Waals surface area contributed by atoms with Crippen LogP contribution >= 0.6 is 0 Å². The minimum absolute atomic E-state index is 0.252. The van der Waals surface area contributed by atoms with Crippen LogP contribution in [0.2, 0.25) is 0 Å². The fourth-order valence-corrected chi connectivity index (χ4v) is 1.75. The topological polar surface area (TPSA) is 25.2 Å². The molecule has 0 radical (unpaired) electrons. The molecule has 1 heterocycles. The van der Waals surface area contributed by atoms with Crippen LogP contribution in [0.3, 0.4) is 0 Å². The maximum atomic E-state index is 13.7. The molecule has 2 nitrogen and oxygen atoms in total. The van der Waals surface area contributed by atoms with Gasteiger partial charge in [0.15, 0.2) is 0 Å². The van der Waals surface area contributed by atoms with Gasteiger partial charge in [-0.1, -0.05) is 25.5 Å². The van der Waals surface area contributed by atoms with Crippen molar-refractivity contribution in [2.24, 2.45) is 0 Å². The third-order valence-electron chi connectivity index (χ3n) is 2.73. The van der Waals surface area contributed by atoms with E-state index in [1.165, 1.54) is 6.07 Å². The van der Waals surface area contributed by atoms with Gasteiger partial charge in [0.25, 0.3) is 0 Å². The highest BCUT2D eigenvalue weighted by Crippen LogP contribution is 2.26. The van der Waals surface area contributed by atoms with E-state index in [-0.39, 0.29) is 5.82 Å². The molecule has 0 aliphatic carbocycles. The number of benzene rings is 1. The summed E-state index contributed by atoms with van der Waals surface area (Å²) in [7, 11) is 0. The van der Waals surface area contributed by atoms with E-state index in [0.29, 0.717) is 23.9 Å². The number of hydrogen-bond donors (Lipinski definition) is 1. The highest BCUT2D eigenvalue weighted by Gasteiger charge is 2.10. The van der Waals surface area contributed by atoms with Gasteiger partial charge in [-0.3, -0.25) is 0 Å². The normalized spacial score (nSPS) is 11.2. The molecule has 0 bridgehead atoms. The van der Waals surface area contributed by atoms with Crippen molar-refractivity contribution < 1.29 is 8.81 Å². The van der Waals surface area contributed by atoms with Crippen LogP contribution in [0, 0.1) is 12.7 Å². The summed E-state index contributed by atoms with van der Waals surface area (Å²) in [6, 6.07) is 9.12. The average molecular weight is 247 g/mol. The van der Waals surface area contributed by atoms with E-state index in [2.05, 4.69) is 19.2 Å². The van der Waals surface area contributed by atoms with Crippen molar-refractivity contribution in [3.8, 4) is 11.3 Å². The highest BCUT2D eigenvalue weighted by atomic mass is 19.1. The Balaban J connectivity index is 2.21. The van der Waals surface area contributed by atoms with E-state index >= 15 is 0 Å². The zero-order valence-corrected chi connectivity index (χ0v) is 11.0. The first-order chi connectivity index (χ1) is 8.56. The second-order valence-electron chi connectivity index (χ2n) is 4.78. The van der Waals surface area contributed by atoms with Crippen LogP contribution in [0.5, 0.6) is 0 Å². The Morgan fingerprint density at radius 1 is 1.22 bits per heavy atom. The predicted molar refractivity (Wildman–Crippen MR) is 70.8 cm³/mol. The van der Waals surface area contributed by atoms with Gasteiger partial charge in [0.2, 0.25) is 0 Å². The minimum atomic E-state index is -0.252. The molecule has 18 heavy (non-hydrogen) atoms. The van der Waals surface area contributed by atoms with Crippen molar-refractivity contribution in [2.75, 3.05) is 0 Å². The summed E-state index contributed by atoms with van der Waals surface area (Å²) in [4.78, 5) is 0. The Hall–Kier alpha value is -1.61. The quantitative estimate of drug-likeness (QED) is 0.886. The molecule has 0 saturated heterocycles. The van der Waals surface area contributed by atoms with E-state index in [9.17, 15) is 4.39 Å². The van der Waals surface area contributed by atoms with Crippen molar-refractivity contribution in [2.45, 2.75) is 33.4 Å². The lowest BCUT2D eigenvalue weighted by Crippen LogP contribution is -2.21. The Bertz CT molecular complexity index is 531. The molecule has 1 N–H and O–H groups in total. The number of halogens is 1. The monoisotopic (exact) mass is 247 g/mol. The molecule has 2 aromatic rings. The fourth-order valence-electron chi connectivity index (χ4n) is 1.75. The maximum Gasteiger partial charge on any atom is 0.137 e. The molecular formula is C15H18FNO. The summed E-state index contributed by atoms with van der Waals surface area (Å²) in [5.74, 6) is 1.15. The minimum Gasteiger partial charge on any atom is -0.460 e. The zero-order chi connectivity index (χ0) is 13.1. The molecule has 0 aliphatic rings. The van der Waals surface area contributed by atoms with E-state index in [1.807, 2.05) is 19.1 Å². The number of nitrogens with one attached hydrogen (secondary N) is 1. The van der Waals surface area contributed by atoms with E-state index in [1.54, 1.807) is 12.1 Å². The molecule has 0 amide bonds. The molecule has 0 saturated carbocycles. The lowest BCUT2D eigenvalue weighted by Gasteiger charge is -2.05. The maximum absolute atomic E-state index is 13.7. The van der Waals surface area contributed by atoms with Crippen molar-refractivity contribution in [3.63, 3.8) is 0 Å². The van der Waals surface area contributed by atoms with E-state index in [0.717, 1.165) is 11.3 Å². The Morgan fingerprint density at radius 3 is 2.72 bits per heavy atom. The summed E-state index contributed by atoms with van der Waals surface area (Å²) in [6.07, 6.45) is 0. The van der Waals surface area contributed by atoms with Gasteiger partial charge in [-0.05, 0) is 31.2 Å². The van der Waals surface area contributed by atoms with Crippen molar-refractivity contribution in [1.29, 1.82) is 0 Å². The SMILES string of the molecule is Cc1ccc(F)c(-c2ccc(CNC(C)C)o2)c1. The smallest absolute Gasteiger partial charge is 0.137 e. The van der Waals surface area contributed by atoms with Gasteiger partial charge in [-0.2, -0.15) is 0 Å². The van der Waals surface area contributed by atoms with Crippen molar-refractivity contribution in [3.05, 3.63) is 47.5 Å². The molecule has 1 aromatic carbocycles. The lowest BCUT2D eigenvalue weighted by atomic mass is 10.1. The van der Waals surface area contributed by atoms with Crippen LogP contribution in [0.4, 0.5) is 4.39 Å². The predicted octanol–water partition coefficient (Wildman–Crippen LogP) is 3.89. The Labute approximate surface area is 107 Å². The first-order valence-electron chi connectivity index (χ1n) is 6.15. The van der Waals surface area contributed by atoms with Gasteiger partial charge < -0.3 is 9.73 Å². The summed E-state index contributed by atoms with van der Waals surface area (Å²) in [5.41, 5.74) is 1.54. The largest absolute Gasteiger partial charge is 0.460 e. The van der Waals surface area contributed by atoms with Crippen molar-refractivity contribution >= 4 is 0 Å². The van der Waals surface area contributed by atoms with Crippen LogP contribution in [0.1, 0.15) is 25.2 Å². The molecule has 0 aliphatic heterocycles. The second kappa shape index (κ2) is 5.36. The number of hydrogen-bond acceptors (Lipinski definition) is 2. The Morgan fingerprint density at radius 2 is 2.00 bits per heavy atom. The van der Waals surface area contributed by atoms with Crippen LogP contribution < -0.4 is 5.32 Å². The van der Waals surface area contributed by atoms with E-state index in [4.69, 9.17) is 4.42 Å². The molecule has 2 rings (SSSR count). The summed E-state index contributed by atoms with van der Waals surface area (Å²) in [5, 5.41) is 3.27. The van der Waals surface area contributed by atoms with Gasteiger partial charge >= 0.3 is 0 Å². The highest BCUT2D eigenvalue weighted by molar-refractivity contribution is 5.59. The second-order valence-corrected chi connectivity index (χ2v) is 4.78. The molecule has 0 unspecified atom stereocenters. The van der Waals surface area contributed by atoms with Crippen LogP contribution in [0.15, 0.2) is 34.7 Å². The van der Waals surface area contributed by atoms with Crippen molar-refractivity contribution in [1.82, 2.24) is 5.32 Å². The first kappa shape index (κ1) is 12.8. The zero-order valence-electron chi connectivity index (χ0n) is 11.0. The standard InChI is InChI=1S/C15H18FNO/c1-10(2)17-9-12-5-7-15(18-12)13-8-11(3)4-6-14(13)16/h4-8,10,17H,9H2,1-3H3. The van der Waals surface area contributed by atoms with Crippen LogP contribution in [0.25, 0.3) is 11.3 Å². The molecule has 1 aromatic heterocycles. The third kappa shape index (κ3) is 2.99. The summed E-state index contributed by atoms with van der Waals surface area (Å²) < 4.78 is 19.4. The summed E-state index contributed by atoms with van der Waals surface area (Å²) in [6.45, 7) is 6.74. The molecule has 3 heteroatoms. The summed E-state index contributed by atoms with van der Waals surface area (Å²) >= 11 is 0. The third-order valence-corrected chi connectivity index (χ3v) is 2.73. The molecule has 96 valence electrons. The average Bonchev–Trinajstić information content (AvgIpc) is 2.78. The van der Waals surface area contributed by atoms with Crippen LogP contribution in [-0.4, -0.2) is 6.04 Å². The first-order valence-corrected chi connectivity index (χ1v) is 6.15. The van der Waals surface area contributed by atoms with Crippen LogP contribution in [-0.2, 0) is 6.54 Å². The lowest BCUT2D eigenvalue weighted by molar-refractivity contribution is 0.471. The van der Waals surface area contributed by atoms with E-state index < -0.39 is 0 Å². The van der Waals surface area contributed by atoms with Gasteiger partial charge in [0.1, 0.15) is 17.3 Å².